The Kier molecular flexibility index (Phi) is 7.53. The Labute approximate surface area is 188 Å². The Morgan fingerprint density at radius 1 is 1.03 bits per heavy atom. The zero-order chi connectivity index (χ0) is 23.1. The maximum atomic E-state index is 12.9. The lowest BCUT2D eigenvalue weighted by molar-refractivity contribution is 0.264. The van der Waals surface area contributed by atoms with Gasteiger partial charge in [-0.2, -0.15) is 8.42 Å². The van der Waals surface area contributed by atoms with Crippen molar-refractivity contribution in [2.24, 2.45) is 0 Å². The van der Waals surface area contributed by atoms with E-state index in [-0.39, 0.29) is 4.90 Å². The second-order valence-corrected chi connectivity index (χ2v) is 8.96. The lowest BCUT2D eigenvalue weighted by atomic mass is 9.99. The standard InChI is InChI=1S/C25H27NO5S/c1-4-5-9-21(20-10-7-6-8-11-20)18-22-16-19(2)17-25(27)26(22)31-32(28,29)24-14-12-23(30-3)13-15-24/h6-8,10-18H,4-5,9H2,1-3H3/b21-18+. The van der Waals surface area contributed by atoms with Crippen LogP contribution in [-0.4, -0.2) is 20.3 Å². The van der Waals surface area contributed by atoms with Crippen molar-refractivity contribution in [3.8, 4) is 5.75 Å². The second-order valence-electron chi connectivity index (χ2n) is 7.43. The van der Waals surface area contributed by atoms with E-state index in [9.17, 15) is 13.2 Å². The van der Waals surface area contributed by atoms with Crippen LogP contribution < -0.4 is 14.6 Å². The molecule has 7 heteroatoms. The number of aromatic nitrogens is 1. The molecule has 0 bridgehead atoms. The Bertz CT molecular complexity index is 1240. The van der Waals surface area contributed by atoms with Gasteiger partial charge in [0.15, 0.2) is 0 Å². The van der Waals surface area contributed by atoms with Crippen molar-refractivity contribution in [2.45, 2.75) is 38.0 Å². The van der Waals surface area contributed by atoms with E-state index in [2.05, 4.69) is 6.92 Å². The topological polar surface area (TPSA) is 74.6 Å². The third kappa shape index (κ3) is 5.68. The zero-order valence-corrected chi connectivity index (χ0v) is 19.3. The molecule has 0 fully saturated rings. The molecule has 0 amide bonds. The number of aryl methyl sites for hydroxylation is 1. The predicted molar refractivity (Wildman–Crippen MR) is 126 cm³/mol. The third-order valence-corrected chi connectivity index (χ3v) is 6.14. The summed E-state index contributed by atoms with van der Waals surface area (Å²) in [6.07, 6.45) is 4.58. The average Bonchev–Trinajstić information content (AvgIpc) is 2.79. The molecule has 1 heterocycles. The van der Waals surface area contributed by atoms with Gasteiger partial charge in [0, 0.05) is 6.07 Å². The summed E-state index contributed by atoms with van der Waals surface area (Å²) >= 11 is 0. The Morgan fingerprint density at radius 2 is 1.72 bits per heavy atom. The number of nitrogens with zero attached hydrogens (tertiary/aromatic N) is 1. The first kappa shape index (κ1) is 23.3. The van der Waals surface area contributed by atoms with Crippen LogP contribution in [0.2, 0.25) is 0 Å². The number of allylic oxidation sites excluding steroid dienone is 1. The molecule has 168 valence electrons. The quantitative estimate of drug-likeness (QED) is 0.469. The number of unbranched alkanes of at least 4 members (excludes halogenated alkanes) is 1. The van der Waals surface area contributed by atoms with Crippen LogP contribution in [0.1, 0.15) is 43.0 Å². The highest BCUT2D eigenvalue weighted by atomic mass is 32.2. The number of ether oxygens (including phenoxy) is 1. The molecule has 2 aromatic carbocycles. The first-order valence-electron chi connectivity index (χ1n) is 10.4. The Hall–Kier alpha value is -3.32. The lowest BCUT2D eigenvalue weighted by Gasteiger charge is -2.14. The normalized spacial score (nSPS) is 11.9. The van der Waals surface area contributed by atoms with Crippen molar-refractivity contribution in [3.63, 3.8) is 0 Å². The summed E-state index contributed by atoms with van der Waals surface area (Å²) in [7, 11) is -2.74. The van der Waals surface area contributed by atoms with E-state index in [0.717, 1.165) is 35.1 Å². The van der Waals surface area contributed by atoms with Gasteiger partial charge in [-0.15, -0.1) is 4.73 Å². The molecular formula is C25H27NO5S. The van der Waals surface area contributed by atoms with Crippen molar-refractivity contribution >= 4 is 21.8 Å². The molecule has 0 radical (unpaired) electrons. The fourth-order valence-corrected chi connectivity index (χ4v) is 4.19. The minimum Gasteiger partial charge on any atom is -0.497 e. The van der Waals surface area contributed by atoms with Crippen LogP contribution in [0.3, 0.4) is 0 Å². The van der Waals surface area contributed by atoms with E-state index < -0.39 is 15.7 Å². The molecule has 0 aliphatic heterocycles. The van der Waals surface area contributed by atoms with Crippen molar-refractivity contribution in [2.75, 3.05) is 7.11 Å². The number of hydrogen-bond acceptors (Lipinski definition) is 5. The minimum atomic E-state index is -4.24. The van der Waals surface area contributed by atoms with Crippen LogP contribution in [0.25, 0.3) is 11.6 Å². The highest BCUT2D eigenvalue weighted by Gasteiger charge is 2.20. The van der Waals surface area contributed by atoms with E-state index in [0.29, 0.717) is 17.0 Å². The molecule has 0 spiro atoms. The van der Waals surface area contributed by atoms with E-state index in [1.807, 2.05) is 36.4 Å². The van der Waals surface area contributed by atoms with Crippen molar-refractivity contribution in [1.29, 1.82) is 0 Å². The van der Waals surface area contributed by atoms with Crippen LogP contribution in [-0.2, 0) is 10.1 Å². The number of hydrogen-bond donors (Lipinski definition) is 0. The highest BCUT2D eigenvalue weighted by Crippen LogP contribution is 2.24. The number of benzene rings is 2. The fourth-order valence-electron chi connectivity index (χ4n) is 3.28. The van der Waals surface area contributed by atoms with Gasteiger partial charge in [-0.25, -0.2) is 0 Å². The smallest absolute Gasteiger partial charge is 0.357 e. The van der Waals surface area contributed by atoms with Gasteiger partial charge in [0.1, 0.15) is 10.6 Å². The molecule has 32 heavy (non-hydrogen) atoms. The molecule has 3 rings (SSSR count). The maximum absolute atomic E-state index is 12.9. The van der Waals surface area contributed by atoms with Crippen LogP contribution in [0.15, 0.2) is 76.4 Å². The molecule has 0 N–H and O–H groups in total. The molecule has 0 saturated heterocycles. The zero-order valence-electron chi connectivity index (χ0n) is 18.4. The van der Waals surface area contributed by atoms with Gasteiger partial charge < -0.3 is 4.74 Å². The van der Waals surface area contributed by atoms with Crippen molar-refractivity contribution < 1.29 is 17.4 Å². The average molecular weight is 454 g/mol. The SMILES string of the molecule is CCCC/C(=C\c1cc(C)cc(=O)n1OS(=O)(=O)c1ccc(OC)cc1)c1ccccc1. The molecule has 0 aliphatic carbocycles. The predicted octanol–water partition coefficient (Wildman–Crippen LogP) is 4.71. The molecule has 1 aromatic heterocycles. The summed E-state index contributed by atoms with van der Waals surface area (Å²) in [5.74, 6) is 0.517. The van der Waals surface area contributed by atoms with Crippen LogP contribution in [0.4, 0.5) is 0 Å². The maximum Gasteiger partial charge on any atom is 0.357 e. The van der Waals surface area contributed by atoms with Gasteiger partial charge in [0.25, 0.3) is 5.56 Å². The second kappa shape index (κ2) is 10.3. The molecule has 0 saturated carbocycles. The largest absolute Gasteiger partial charge is 0.497 e. The first-order valence-corrected chi connectivity index (χ1v) is 11.8. The first-order chi connectivity index (χ1) is 15.3. The van der Waals surface area contributed by atoms with Gasteiger partial charge in [0.2, 0.25) is 0 Å². The van der Waals surface area contributed by atoms with Gasteiger partial charge in [0.05, 0.1) is 12.8 Å². The van der Waals surface area contributed by atoms with Gasteiger partial charge >= 0.3 is 10.1 Å². The van der Waals surface area contributed by atoms with E-state index >= 15 is 0 Å². The molecule has 0 unspecified atom stereocenters. The van der Waals surface area contributed by atoms with Crippen LogP contribution in [0.5, 0.6) is 5.75 Å². The van der Waals surface area contributed by atoms with E-state index in [1.54, 1.807) is 13.0 Å². The molecular weight excluding hydrogens is 426 g/mol. The van der Waals surface area contributed by atoms with Gasteiger partial charge in [-0.3, -0.25) is 9.08 Å². The summed E-state index contributed by atoms with van der Waals surface area (Å²) in [5, 5.41) is 0. The summed E-state index contributed by atoms with van der Waals surface area (Å²) in [4.78, 5) is 12.7. The van der Waals surface area contributed by atoms with Gasteiger partial charge in [-0.05, 0) is 72.9 Å². The molecule has 0 atom stereocenters. The third-order valence-electron chi connectivity index (χ3n) is 4.95. The van der Waals surface area contributed by atoms with Crippen molar-refractivity contribution in [3.05, 3.63) is 93.9 Å². The van der Waals surface area contributed by atoms with Crippen LogP contribution in [0, 0.1) is 6.92 Å². The molecule has 3 aromatic rings. The summed E-state index contributed by atoms with van der Waals surface area (Å²) in [5.41, 5.74) is 2.53. The van der Waals surface area contributed by atoms with Crippen molar-refractivity contribution in [1.82, 2.24) is 4.73 Å². The number of rotatable bonds is 9. The number of pyridine rings is 1. The number of methoxy groups -OCH3 is 1. The molecule has 0 aliphatic rings. The lowest BCUT2D eigenvalue weighted by Crippen LogP contribution is -2.32. The fraction of sp³-hybridized carbons (Fsp3) is 0.240. The van der Waals surface area contributed by atoms with Crippen LogP contribution >= 0.6 is 0 Å². The summed E-state index contributed by atoms with van der Waals surface area (Å²) in [6, 6.07) is 18.7. The van der Waals surface area contributed by atoms with E-state index in [4.69, 9.17) is 9.02 Å². The summed E-state index contributed by atoms with van der Waals surface area (Å²) in [6.45, 7) is 3.89. The Balaban J connectivity index is 2.07. The summed E-state index contributed by atoms with van der Waals surface area (Å²) < 4.78 is 37.0. The minimum absolute atomic E-state index is 0.0741. The Morgan fingerprint density at radius 3 is 2.34 bits per heavy atom. The van der Waals surface area contributed by atoms with E-state index in [1.165, 1.54) is 37.4 Å². The molecule has 6 nitrogen and oxygen atoms in total. The highest BCUT2D eigenvalue weighted by molar-refractivity contribution is 7.87. The van der Waals surface area contributed by atoms with Gasteiger partial charge in [-0.1, -0.05) is 43.7 Å². The monoisotopic (exact) mass is 453 g/mol.